The lowest BCUT2D eigenvalue weighted by molar-refractivity contribution is -0.119. The summed E-state index contributed by atoms with van der Waals surface area (Å²) in [5.41, 5.74) is 5.39. The summed E-state index contributed by atoms with van der Waals surface area (Å²) in [5, 5.41) is 6.94. The first kappa shape index (κ1) is 26.3. The molecule has 2 N–H and O–H groups in total. The second-order valence-corrected chi connectivity index (χ2v) is 9.60. The molecular formula is C29H30N6O3S. The van der Waals surface area contributed by atoms with E-state index in [1.54, 1.807) is 19.5 Å². The molecular weight excluding hydrogens is 512 g/mol. The van der Waals surface area contributed by atoms with Crippen molar-refractivity contribution in [2.24, 2.45) is 0 Å². The molecule has 0 saturated carbocycles. The molecule has 200 valence electrons. The minimum atomic E-state index is -0.281. The number of aryl methyl sites for hydroxylation is 1. The van der Waals surface area contributed by atoms with Crippen molar-refractivity contribution < 1.29 is 14.3 Å². The highest BCUT2D eigenvalue weighted by atomic mass is 32.1. The van der Waals surface area contributed by atoms with Crippen molar-refractivity contribution in [3.8, 4) is 11.6 Å². The van der Waals surface area contributed by atoms with Crippen molar-refractivity contribution in [1.29, 1.82) is 0 Å². The van der Waals surface area contributed by atoms with Gasteiger partial charge in [0.1, 0.15) is 18.2 Å². The number of ether oxygens (including phenoxy) is 2. The number of carbonyl (C=O) groups is 1. The standard InChI is InChI=1S/C29H30N6O3S/c1-18-15-21(19(2)34(18)25-10-6-8-14-31-25)28-27(22-9-5-7-13-30-22)33-29(39)35(28)20-11-12-24(38-4)23(16-20)32-26(36)17-37-3/h5-16,27-28H,17H2,1-4H3,(H,32,36)(H,33,39)/t27-,28+/m0/s1. The van der Waals surface area contributed by atoms with Crippen molar-refractivity contribution in [3.63, 3.8) is 0 Å². The monoisotopic (exact) mass is 542 g/mol. The van der Waals surface area contributed by atoms with E-state index in [4.69, 9.17) is 21.7 Å². The summed E-state index contributed by atoms with van der Waals surface area (Å²) in [7, 11) is 3.04. The maximum Gasteiger partial charge on any atom is 0.250 e. The molecule has 1 aromatic carbocycles. The number of pyridine rings is 2. The number of amides is 1. The minimum absolute atomic E-state index is 0.0685. The molecule has 2 atom stereocenters. The van der Waals surface area contributed by atoms with Crippen LogP contribution in [-0.2, 0) is 9.53 Å². The predicted molar refractivity (Wildman–Crippen MR) is 154 cm³/mol. The van der Waals surface area contributed by atoms with Crippen LogP contribution in [0.1, 0.15) is 34.7 Å². The Morgan fingerprint density at radius 1 is 1.05 bits per heavy atom. The van der Waals surface area contributed by atoms with Crippen molar-refractivity contribution in [2.45, 2.75) is 25.9 Å². The summed E-state index contributed by atoms with van der Waals surface area (Å²) in [5.74, 6) is 1.10. The highest BCUT2D eigenvalue weighted by Crippen LogP contribution is 2.45. The zero-order chi connectivity index (χ0) is 27.5. The minimum Gasteiger partial charge on any atom is -0.495 e. The maximum atomic E-state index is 12.4. The number of methoxy groups -OCH3 is 2. The number of benzene rings is 1. The number of anilines is 2. The molecule has 0 unspecified atom stereocenters. The highest BCUT2D eigenvalue weighted by Gasteiger charge is 2.42. The summed E-state index contributed by atoms with van der Waals surface area (Å²) in [6.45, 7) is 4.10. The number of hydrogen-bond donors (Lipinski definition) is 2. The predicted octanol–water partition coefficient (Wildman–Crippen LogP) is 4.65. The number of rotatable bonds is 8. The van der Waals surface area contributed by atoms with Crippen LogP contribution in [0.25, 0.3) is 5.82 Å². The summed E-state index contributed by atoms with van der Waals surface area (Å²) in [6.07, 6.45) is 3.58. The van der Waals surface area contributed by atoms with Gasteiger partial charge in [-0.15, -0.1) is 0 Å². The molecule has 0 radical (unpaired) electrons. The van der Waals surface area contributed by atoms with E-state index in [1.807, 2.05) is 54.6 Å². The molecule has 9 nitrogen and oxygen atoms in total. The Balaban J connectivity index is 1.64. The highest BCUT2D eigenvalue weighted by molar-refractivity contribution is 7.80. The van der Waals surface area contributed by atoms with Gasteiger partial charge in [0.15, 0.2) is 5.11 Å². The third kappa shape index (κ3) is 5.08. The summed E-state index contributed by atoms with van der Waals surface area (Å²) in [6, 6.07) is 19.1. The lowest BCUT2D eigenvalue weighted by atomic mass is 9.96. The largest absolute Gasteiger partial charge is 0.495 e. The van der Waals surface area contributed by atoms with E-state index in [1.165, 1.54) is 7.11 Å². The van der Waals surface area contributed by atoms with Gasteiger partial charge in [-0.3, -0.25) is 9.78 Å². The number of nitrogens with one attached hydrogen (secondary N) is 2. The van der Waals surface area contributed by atoms with Crippen LogP contribution < -0.4 is 20.3 Å². The van der Waals surface area contributed by atoms with Crippen LogP contribution in [0.3, 0.4) is 0 Å². The van der Waals surface area contributed by atoms with Gasteiger partial charge in [-0.05, 0) is 80.2 Å². The fourth-order valence-electron chi connectivity index (χ4n) is 5.14. The van der Waals surface area contributed by atoms with E-state index in [9.17, 15) is 4.79 Å². The Labute approximate surface area is 232 Å². The lowest BCUT2D eigenvalue weighted by Crippen LogP contribution is -2.29. The summed E-state index contributed by atoms with van der Waals surface area (Å²) >= 11 is 5.92. The quantitative estimate of drug-likeness (QED) is 0.311. The van der Waals surface area contributed by atoms with Crippen molar-refractivity contribution in [3.05, 3.63) is 95.7 Å². The van der Waals surface area contributed by atoms with Gasteiger partial charge in [-0.1, -0.05) is 12.1 Å². The molecule has 5 rings (SSSR count). The first-order valence-electron chi connectivity index (χ1n) is 12.5. The molecule has 0 aliphatic carbocycles. The molecule has 1 aliphatic rings. The Morgan fingerprint density at radius 2 is 1.82 bits per heavy atom. The van der Waals surface area contributed by atoms with E-state index in [0.717, 1.165) is 34.2 Å². The van der Waals surface area contributed by atoms with Gasteiger partial charge in [0.05, 0.1) is 30.6 Å². The molecule has 1 fully saturated rings. The first-order chi connectivity index (χ1) is 18.9. The van der Waals surface area contributed by atoms with Crippen LogP contribution in [0.5, 0.6) is 5.75 Å². The molecule has 1 aliphatic heterocycles. The topological polar surface area (TPSA) is 93.5 Å². The van der Waals surface area contributed by atoms with Crippen molar-refractivity contribution in [1.82, 2.24) is 19.9 Å². The van der Waals surface area contributed by atoms with E-state index in [-0.39, 0.29) is 24.6 Å². The zero-order valence-corrected chi connectivity index (χ0v) is 23.0. The van der Waals surface area contributed by atoms with Crippen molar-refractivity contribution in [2.75, 3.05) is 31.0 Å². The number of hydrogen-bond acceptors (Lipinski definition) is 6. The van der Waals surface area contributed by atoms with Gasteiger partial charge in [0.2, 0.25) is 5.91 Å². The van der Waals surface area contributed by atoms with Crippen LogP contribution in [0.15, 0.2) is 73.1 Å². The number of aromatic nitrogens is 3. The Kier molecular flexibility index (Phi) is 7.58. The fourth-order valence-corrected chi connectivity index (χ4v) is 5.48. The van der Waals surface area contributed by atoms with Gasteiger partial charge in [0, 0.05) is 36.6 Å². The number of thiocarbonyl (C=S) groups is 1. The molecule has 3 aromatic heterocycles. The smallest absolute Gasteiger partial charge is 0.250 e. The van der Waals surface area contributed by atoms with E-state index in [0.29, 0.717) is 16.5 Å². The molecule has 1 amide bonds. The summed E-state index contributed by atoms with van der Waals surface area (Å²) < 4.78 is 12.7. The SMILES string of the molecule is COCC(=O)Nc1cc(N2C(=S)N[C@@H](c3ccccn3)[C@H]2c2cc(C)n(-c3ccccn3)c2C)ccc1OC. The second-order valence-electron chi connectivity index (χ2n) is 9.21. The van der Waals surface area contributed by atoms with E-state index < -0.39 is 0 Å². The lowest BCUT2D eigenvalue weighted by Gasteiger charge is -2.29. The van der Waals surface area contributed by atoms with Crippen molar-refractivity contribution >= 4 is 34.6 Å². The van der Waals surface area contributed by atoms with Crippen LogP contribution in [0, 0.1) is 13.8 Å². The molecule has 0 bridgehead atoms. The normalized spacial score (nSPS) is 16.7. The zero-order valence-electron chi connectivity index (χ0n) is 22.2. The van der Waals surface area contributed by atoms with Gasteiger partial charge in [-0.2, -0.15) is 0 Å². The summed E-state index contributed by atoms with van der Waals surface area (Å²) in [4.78, 5) is 23.7. The molecule has 39 heavy (non-hydrogen) atoms. The first-order valence-corrected chi connectivity index (χ1v) is 12.9. The van der Waals surface area contributed by atoms with Gasteiger partial charge in [-0.25, -0.2) is 4.98 Å². The molecule has 10 heteroatoms. The Bertz CT molecular complexity index is 1490. The average molecular weight is 543 g/mol. The average Bonchev–Trinajstić information content (AvgIpc) is 3.44. The molecule has 4 heterocycles. The van der Waals surface area contributed by atoms with Crippen LogP contribution in [-0.4, -0.2) is 46.4 Å². The fraction of sp³-hybridized carbons (Fsp3) is 0.241. The van der Waals surface area contributed by atoms with Crippen LogP contribution >= 0.6 is 12.2 Å². The maximum absolute atomic E-state index is 12.4. The molecule has 0 spiro atoms. The Hall–Kier alpha value is -4.28. The van der Waals surface area contributed by atoms with Crippen LogP contribution in [0.4, 0.5) is 11.4 Å². The van der Waals surface area contributed by atoms with Gasteiger partial charge < -0.3 is 29.6 Å². The van der Waals surface area contributed by atoms with E-state index in [2.05, 4.69) is 50.0 Å². The number of carbonyl (C=O) groups excluding carboxylic acids is 1. The third-order valence-corrected chi connectivity index (χ3v) is 7.09. The molecule has 1 saturated heterocycles. The Morgan fingerprint density at radius 3 is 2.49 bits per heavy atom. The van der Waals surface area contributed by atoms with Gasteiger partial charge >= 0.3 is 0 Å². The number of nitrogens with zero attached hydrogens (tertiary/aromatic N) is 4. The van der Waals surface area contributed by atoms with Gasteiger partial charge in [0.25, 0.3) is 0 Å². The second kappa shape index (κ2) is 11.2. The van der Waals surface area contributed by atoms with E-state index >= 15 is 0 Å². The molecule has 4 aromatic rings. The third-order valence-electron chi connectivity index (χ3n) is 6.78. The van der Waals surface area contributed by atoms with Crippen LogP contribution in [0.2, 0.25) is 0 Å².